The van der Waals surface area contributed by atoms with Crippen molar-refractivity contribution in [2.45, 2.75) is 32.7 Å². The summed E-state index contributed by atoms with van der Waals surface area (Å²) in [6, 6.07) is 0.141. The number of rotatable bonds is 7. The van der Waals surface area contributed by atoms with Crippen LogP contribution in [0, 0.1) is 11.8 Å². The zero-order valence-corrected chi connectivity index (χ0v) is 11.8. The summed E-state index contributed by atoms with van der Waals surface area (Å²) < 4.78 is 0. The molecule has 0 aliphatic heterocycles. The van der Waals surface area contributed by atoms with Crippen LogP contribution in [-0.4, -0.2) is 49.9 Å². The first-order chi connectivity index (χ1) is 8.41. The first-order valence-corrected chi connectivity index (χ1v) is 6.64. The van der Waals surface area contributed by atoms with Gasteiger partial charge in [0.2, 0.25) is 11.8 Å². The summed E-state index contributed by atoms with van der Waals surface area (Å²) in [5.41, 5.74) is 0. The van der Waals surface area contributed by atoms with Crippen LogP contribution in [0.25, 0.3) is 0 Å². The van der Waals surface area contributed by atoms with Crippen molar-refractivity contribution in [2.75, 3.05) is 27.2 Å². The molecule has 1 rings (SSSR count). The maximum Gasteiger partial charge on any atom is 0.224 e. The molecule has 2 N–H and O–H groups in total. The molecule has 0 radical (unpaired) electrons. The van der Waals surface area contributed by atoms with E-state index >= 15 is 0 Å². The summed E-state index contributed by atoms with van der Waals surface area (Å²) >= 11 is 0. The van der Waals surface area contributed by atoms with E-state index in [1.165, 1.54) is 0 Å². The molecule has 0 saturated heterocycles. The smallest absolute Gasteiger partial charge is 0.224 e. The summed E-state index contributed by atoms with van der Waals surface area (Å²) in [4.78, 5) is 25.5. The number of hydrogen-bond acceptors (Lipinski definition) is 3. The molecule has 18 heavy (non-hydrogen) atoms. The van der Waals surface area contributed by atoms with E-state index in [0.29, 0.717) is 13.0 Å². The molecule has 0 spiro atoms. The van der Waals surface area contributed by atoms with Crippen LogP contribution in [0.2, 0.25) is 0 Å². The number of hydrogen-bond donors (Lipinski definition) is 2. The highest BCUT2D eigenvalue weighted by molar-refractivity contribution is 5.92. The third-order valence-electron chi connectivity index (χ3n) is 2.98. The van der Waals surface area contributed by atoms with Gasteiger partial charge in [-0.3, -0.25) is 9.59 Å². The van der Waals surface area contributed by atoms with Crippen molar-refractivity contribution < 1.29 is 9.59 Å². The van der Waals surface area contributed by atoms with Gasteiger partial charge in [0.15, 0.2) is 0 Å². The maximum absolute atomic E-state index is 11.7. The normalized spacial score (nSPS) is 22.1. The predicted molar refractivity (Wildman–Crippen MR) is 71.1 cm³/mol. The molecule has 0 aromatic rings. The van der Waals surface area contributed by atoms with Crippen LogP contribution < -0.4 is 10.6 Å². The zero-order chi connectivity index (χ0) is 13.7. The monoisotopic (exact) mass is 255 g/mol. The van der Waals surface area contributed by atoms with Crippen LogP contribution in [0.15, 0.2) is 0 Å². The van der Waals surface area contributed by atoms with E-state index in [1.54, 1.807) is 0 Å². The number of carbonyl (C=O) groups is 2. The lowest BCUT2D eigenvalue weighted by Crippen LogP contribution is -2.34. The molecule has 5 heteroatoms. The Labute approximate surface area is 109 Å². The second-order valence-electron chi connectivity index (χ2n) is 5.56. The SMILES string of the molecule is CC(C)NC(=O)C1CC1C(=O)NCCCN(C)C. The molecular formula is C13H25N3O2. The fourth-order valence-corrected chi connectivity index (χ4v) is 1.90. The van der Waals surface area contributed by atoms with E-state index in [2.05, 4.69) is 15.5 Å². The second-order valence-corrected chi connectivity index (χ2v) is 5.56. The number of nitrogens with zero attached hydrogens (tertiary/aromatic N) is 1. The van der Waals surface area contributed by atoms with E-state index in [-0.39, 0.29) is 29.7 Å². The van der Waals surface area contributed by atoms with Gasteiger partial charge in [-0.15, -0.1) is 0 Å². The lowest BCUT2D eigenvalue weighted by atomic mass is 10.2. The zero-order valence-electron chi connectivity index (χ0n) is 11.8. The van der Waals surface area contributed by atoms with Crippen molar-refractivity contribution in [2.24, 2.45) is 11.8 Å². The molecule has 5 nitrogen and oxygen atoms in total. The summed E-state index contributed by atoms with van der Waals surface area (Å²) in [6.07, 6.45) is 1.63. The molecule has 0 aromatic heterocycles. The minimum absolute atomic E-state index is 0.0124. The van der Waals surface area contributed by atoms with Gasteiger partial charge in [0, 0.05) is 12.6 Å². The van der Waals surface area contributed by atoms with Gasteiger partial charge in [0.25, 0.3) is 0 Å². The third-order valence-corrected chi connectivity index (χ3v) is 2.98. The minimum atomic E-state index is -0.110. The molecular weight excluding hydrogens is 230 g/mol. The predicted octanol–water partition coefficient (Wildman–Crippen LogP) is 0.215. The van der Waals surface area contributed by atoms with Gasteiger partial charge in [0.1, 0.15) is 0 Å². The van der Waals surface area contributed by atoms with Crippen molar-refractivity contribution >= 4 is 11.8 Å². The Morgan fingerprint density at radius 1 is 1.22 bits per heavy atom. The van der Waals surface area contributed by atoms with Crippen molar-refractivity contribution in [1.29, 1.82) is 0 Å². The van der Waals surface area contributed by atoms with Crippen LogP contribution in [0.1, 0.15) is 26.7 Å². The minimum Gasteiger partial charge on any atom is -0.356 e. The lowest BCUT2D eigenvalue weighted by Gasteiger charge is -2.10. The van der Waals surface area contributed by atoms with E-state index in [0.717, 1.165) is 13.0 Å². The summed E-state index contributed by atoms with van der Waals surface area (Å²) in [6.45, 7) is 5.50. The second kappa shape index (κ2) is 6.73. The molecule has 0 bridgehead atoms. The third kappa shape index (κ3) is 5.04. The van der Waals surface area contributed by atoms with Crippen molar-refractivity contribution in [1.82, 2.24) is 15.5 Å². The Balaban J connectivity index is 2.16. The van der Waals surface area contributed by atoms with Gasteiger partial charge < -0.3 is 15.5 Å². The van der Waals surface area contributed by atoms with Crippen LogP contribution in [0.5, 0.6) is 0 Å². The molecule has 1 fully saturated rings. The van der Waals surface area contributed by atoms with Gasteiger partial charge in [-0.25, -0.2) is 0 Å². The van der Waals surface area contributed by atoms with Crippen molar-refractivity contribution in [3.63, 3.8) is 0 Å². The Morgan fingerprint density at radius 3 is 2.39 bits per heavy atom. The average Bonchev–Trinajstić information content (AvgIpc) is 3.02. The molecule has 1 aliphatic rings. The Bertz CT molecular complexity index is 303. The quantitative estimate of drug-likeness (QED) is 0.640. The van der Waals surface area contributed by atoms with Crippen LogP contribution in [0.3, 0.4) is 0 Å². The van der Waals surface area contributed by atoms with E-state index < -0.39 is 0 Å². The van der Waals surface area contributed by atoms with Gasteiger partial charge in [0.05, 0.1) is 11.8 Å². The van der Waals surface area contributed by atoms with Gasteiger partial charge in [-0.2, -0.15) is 0 Å². The molecule has 2 atom stereocenters. The molecule has 104 valence electrons. The van der Waals surface area contributed by atoms with E-state index in [1.807, 2.05) is 27.9 Å². The molecule has 2 amide bonds. The molecule has 0 heterocycles. The first-order valence-electron chi connectivity index (χ1n) is 6.64. The standard InChI is InChI=1S/C13H25N3O2/c1-9(2)15-13(18)11-8-10(11)12(17)14-6-5-7-16(3)4/h9-11H,5-8H2,1-4H3,(H,14,17)(H,15,18). The number of nitrogens with one attached hydrogen (secondary N) is 2. The highest BCUT2D eigenvalue weighted by atomic mass is 16.2. The number of amides is 2. The lowest BCUT2D eigenvalue weighted by molar-refractivity contribution is -0.127. The fraction of sp³-hybridized carbons (Fsp3) is 0.846. The highest BCUT2D eigenvalue weighted by Gasteiger charge is 2.47. The number of carbonyl (C=O) groups excluding carboxylic acids is 2. The summed E-state index contributed by atoms with van der Waals surface area (Å²) in [5.74, 6) is -0.180. The van der Waals surface area contributed by atoms with Crippen LogP contribution in [0.4, 0.5) is 0 Å². The van der Waals surface area contributed by atoms with Crippen LogP contribution in [-0.2, 0) is 9.59 Å². The Hall–Kier alpha value is -1.10. The fourth-order valence-electron chi connectivity index (χ4n) is 1.90. The Morgan fingerprint density at radius 2 is 1.83 bits per heavy atom. The largest absolute Gasteiger partial charge is 0.356 e. The Kier molecular flexibility index (Phi) is 5.59. The van der Waals surface area contributed by atoms with Crippen molar-refractivity contribution in [3.05, 3.63) is 0 Å². The van der Waals surface area contributed by atoms with Crippen molar-refractivity contribution in [3.8, 4) is 0 Å². The van der Waals surface area contributed by atoms with Crippen LogP contribution >= 0.6 is 0 Å². The van der Waals surface area contributed by atoms with Gasteiger partial charge >= 0.3 is 0 Å². The highest BCUT2D eigenvalue weighted by Crippen LogP contribution is 2.38. The average molecular weight is 255 g/mol. The van der Waals surface area contributed by atoms with Gasteiger partial charge in [-0.05, 0) is 47.3 Å². The topological polar surface area (TPSA) is 61.4 Å². The molecule has 1 saturated carbocycles. The van der Waals surface area contributed by atoms with E-state index in [4.69, 9.17) is 0 Å². The molecule has 2 unspecified atom stereocenters. The molecule has 1 aliphatic carbocycles. The van der Waals surface area contributed by atoms with E-state index in [9.17, 15) is 9.59 Å². The first kappa shape index (κ1) is 15.0. The van der Waals surface area contributed by atoms with Gasteiger partial charge in [-0.1, -0.05) is 0 Å². The maximum atomic E-state index is 11.7. The molecule has 0 aromatic carbocycles. The summed E-state index contributed by atoms with van der Waals surface area (Å²) in [5, 5.41) is 5.74. The summed E-state index contributed by atoms with van der Waals surface area (Å²) in [7, 11) is 4.02.